The van der Waals surface area contributed by atoms with E-state index in [0.29, 0.717) is 0 Å². The molecule has 0 aromatic heterocycles. The average Bonchev–Trinajstić information content (AvgIpc) is 2.50. The molecule has 0 aliphatic heterocycles. The van der Waals surface area contributed by atoms with Crippen LogP contribution in [0.4, 0.5) is 5.69 Å². The maximum absolute atomic E-state index is 12.6. The Morgan fingerprint density at radius 2 is 1.88 bits per heavy atom. The van der Waals surface area contributed by atoms with E-state index in [9.17, 15) is 24.5 Å². The van der Waals surface area contributed by atoms with Crippen molar-refractivity contribution in [1.82, 2.24) is 0 Å². The predicted molar refractivity (Wildman–Crippen MR) is 89.1 cm³/mol. The van der Waals surface area contributed by atoms with E-state index in [-0.39, 0.29) is 48.8 Å². The normalized spacial score (nSPS) is 11.7. The Balaban J connectivity index is 0. The van der Waals surface area contributed by atoms with Gasteiger partial charge in [0.05, 0.1) is 18.0 Å². The number of hydrogen-bond donors (Lipinski definition) is 0. The first-order valence-corrected chi connectivity index (χ1v) is 7.72. The Labute approximate surface area is 175 Å². The first-order chi connectivity index (χ1) is 11.5. The summed E-state index contributed by atoms with van der Waals surface area (Å²) in [5.41, 5.74) is -1.10. The minimum absolute atomic E-state index is 0. The fraction of sp³-hybridized carbons (Fsp3) is 0.471. The number of nitrogens with zero attached hydrogens (tertiary/aromatic N) is 1. The van der Waals surface area contributed by atoms with Crippen LogP contribution < -0.4 is 29.6 Å². The molecule has 1 aromatic rings. The summed E-state index contributed by atoms with van der Waals surface area (Å²) in [5, 5.41) is 10.8. The summed E-state index contributed by atoms with van der Waals surface area (Å²) in [7, 11) is 0. The van der Waals surface area contributed by atoms with Gasteiger partial charge < -0.3 is 10.9 Å². The molecule has 0 radical (unpaired) electrons. The molecule has 0 spiro atoms. The fourth-order valence-corrected chi connectivity index (χ4v) is 2.05. The zero-order chi connectivity index (χ0) is 19.2. The number of hydrogen-bond acceptors (Lipinski definition) is 7. The number of esters is 2. The molecule has 0 aliphatic rings. The summed E-state index contributed by atoms with van der Waals surface area (Å²) < 4.78 is 9.99. The number of ether oxygens (including phenoxy) is 2. The second kappa shape index (κ2) is 10.4. The van der Waals surface area contributed by atoms with Crippen LogP contribution in [0.25, 0.3) is 0 Å². The van der Waals surface area contributed by atoms with Gasteiger partial charge in [-0.1, -0.05) is 12.1 Å². The monoisotopic (exact) mass is 375 g/mol. The number of benzene rings is 1. The van der Waals surface area contributed by atoms with Crippen LogP contribution in [0.3, 0.4) is 0 Å². The Kier molecular flexibility index (Phi) is 9.69. The molecule has 0 fully saturated rings. The van der Waals surface area contributed by atoms with E-state index in [1.54, 1.807) is 27.7 Å². The smallest absolute Gasteiger partial charge is 1.00 e. The van der Waals surface area contributed by atoms with Crippen molar-refractivity contribution in [2.75, 3.05) is 6.61 Å². The zero-order valence-electron chi connectivity index (χ0n) is 16.6. The van der Waals surface area contributed by atoms with E-state index in [0.717, 1.165) is 6.07 Å². The molecule has 0 saturated heterocycles. The topological polar surface area (TPSA) is 113 Å². The molecule has 26 heavy (non-hydrogen) atoms. The van der Waals surface area contributed by atoms with E-state index >= 15 is 0 Å². The number of ketones is 1. The molecule has 0 heterocycles. The molecule has 1 aromatic carbocycles. The van der Waals surface area contributed by atoms with Crippen molar-refractivity contribution >= 4 is 23.4 Å². The van der Waals surface area contributed by atoms with Crippen molar-refractivity contribution in [3.05, 3.63) is 39.9 Å². The quantitative estimate of drug-likeness (QED) is 0.162. The van der Waals surface area contributed by atoms with E-state index in [1.165, 1.54) is 18.2 Å². The van der Waals surface area contributed by atoms with Gasteiger partial charge >= 0.3 is 41.5 Å². The average molecular weight is 375 g/mol. The number of carbonyl (C=O) groups excluding carboxylic acids is 3. The van der Waals surface area contributed by atoms with Gasteiger partial charge in [-0.15, -0.1) is 0 Å². The predicted octanol–water partition coefficient (Wildman–Crippen LogP) is -0.195. The van der Waals surface area contributed by atoms with Crippen LogP contribution in [0.2, 0.25) is 0 Å². The first-order valence-electron chi connectivity index (χ1n) is 7.72. The van der Waals surface area contributed by atoms with E-state index in [2.05, 4.69) is 0 Å². The molecule has 0 bridgehead atoms. The van der Waals surface area contributed by atoms with Crippen molar-refractivity contribution in [2.45, 2.75) is 39.7 Å². The van der Waals surface area contributed by atoms with Gasteiger partial charge in [0.25, 0.3) is 5.69 Å². The van der Waals surface area contributed by atoms with Crippen LogP contribution in [0, 0.1) is 16.0 Å². The Morgan fingerprint density at radius 1 is 1.27 bits per heavy atom. The third-order valence-corrected chi connectivity index (χ3v) is 3.02. The second-order valence-corrected chi connectivity index (χ2v) is 6.27. The molecule has 0 aliphatic carbocycles. The minimum Gasteiger partial charge on any atom is -1.00 e. The van der Waals surface area contributed by atoms with Crippen LogP contribution >= 0.6 is 0 Å². The van der Waals surface area contributed by atoms with E-state index in [4.69, 9.17) is 9.47 Å². The van der Waals surface area contributed by atoms with E-state index < -0.39 is 40.6 Å². The fourth-order valence-electron chi connectivity index (χ4n) is 2.05. The first kappa shape index (κ1) is 24.2. The van der Waals surface area contributed by atoms with Crippen molar-refractivity contribution in [3.63, 3.8) is 0 Å². The van der Waals surface area contributed by atoms with Crippen molar-refractivity contribution in [1.29, 1.82) is 0 Å². The van der Waals surface area contributed by atoms with Gasteiger partial charge in [-0.2, -0.15) is 0 Å². The summed E-state index contributed by atoms with van der Waals surface area (Å²) in [6.07, 6.45) is -0.502. The molecule has 138 valence electrons. The second-order valence-electron chi connectivity index (χ2n) is 6.27. The summed E-state index contributed by atoms with van der Waals surface area (Å²) in [5.74, 6) is -3.75. The van der Waals surface area contributed by atoms with Gasteiger partial charge in [0.15, 0.2) is 5.78 Å². The SMILES string of the molecule is CCOC(=O)C(CC(=O)OC(C)(C)C)C(=O)c1cccc([N+](=O)[O-])c1.[H-].[Na+]. The molecular weight excluding hydrogens is 353 g/mol. The molecule has 1 unspecified atom stereocenters. The van der Waals surface area contributed by atoms with Gasteiger partial charge in [0, 0.05) is 17.7 Å². The molecule has 8 nitrogen and oxygen atoms in total. The summed E-state index contributed by atoms with van der Waals surface area (Å²) in [6.45, 7) is 6.58. The number of nitro groups is 1. The van der Waals surface area contributed by atoms with Gasteiger partial charge in [0.2, 0.25) is 0 Å². The summed E-state index contributed by atoms with van der Waals surface area (Å²) in [4.78, 5) is 46.9. The Hall–Kier alpha value is -1.77. The van der Waals surface area contributed by atoms with Crippen LogP contribution in [0.5, 0.6) is 0 Å². The summed E-state index contributed by atoms with van der Waals surface area (Å²) >= 11 is 0. The van der Waals surface area contributed by atoms with Crippen LogP contribution in [-0.4, -0.2) is 34.9 Å². The number of rotatable bonds is 7. The zero-order valence-corrected chi connectivity index (χ0v) is 17.6. The molecule has 9 heteroatoms. The van der Waals surface area contributed by atoms with Crippen molar-refractivity contribution in [3.8, 4) is 0 Å². The third kappa shape index (κ3) is 7.63. The van der Waals surface area contributed by atoms with Crippen molar-refractivity contribution in [2.24, 2.45) is 5.92 Å². The van der Waals surface area contributed by atoms with E-state index in [1.807, 2.05) is 0 Å². The van der Waals surface area contributed by atoms with Gasteiger partial charge in [-0.05, 0) is 27.7 Å². The maximum Gasteiger partial charge on any atom is 1.00 e. The van der Waals surface area contributed by atoms with Crippen LogP contribution in [0.15, 0.2) is 24.3 Å². The molecular formula is C17H22NNaO7. The molecule has 0 amide bonds. The maximum atomic E-state index is 12.6. The van der Waals surface area contributed by atoms with Gasteiger partial charge in [-0.3, -0.25) is 24.5 Å². The summed E-state index contributed by atoms with van der Waals surface area (Å²) in [6, 6.07) is 4.96. The molecule has 0 N–H and O–H groups in total. The minimum atomic E-state index is -1.42. The molecule has 1 atom stereocenters. The Bertz CT molecular complexity index is 688. The standard InChI is InChI=1S/C17H21NO7.Na.H/c1-5-24-16(21)13(10-14(19)25-17(2,3)4)15(20)11-7-6-8-12(9-11)18(22)23;;/h6-9,13H,5,10H2,1-4H3;;/q;+1;-1. The number of carbonyl (C=O) groups is 3. The molecule has 1 rings (SSSR count). The number of non-ortho nitro benzene ring substituents is 1. The van der Waals surface area contributed by atoms with Crippen LogP contribution in [0.1, 0.15) is 45.9 Å². The van der Waals surface area contributed by atoms with Gasteiger partial charge in [-0.25, -0.2) is 0 Å². The van der Waals surface area contributed by atoms with Crippen molar-refractivity contribution < 1.29 is 59.8 Å². The largest absolute Gasteiger partial charge is 1.00 e. The van der Waals surface area contributed by atoms with Gasteiger partial charge in [0.1, 0.15) is 11.5 Å². The number of nitro benzene ring substituents is 1. The van der Waals surface area contributed by atoms with Crippen LogP contribution in [-0.2, 0) is 19.1 Å². The third-order valence-electron chi connectivity index (χ3n) is 3.02. The number of Topliss-reactive ketones (excluding diaryl/α,β-unsaturated/α-hetero) is 1. The molecule has 0 saturated carbocycles. The Morgan fingerprint density at radius 3 is 2.38 bits per heavy atom.